The fourth-order valence-corrected chi connectivity index (χ4v) is 5.43. The molecular weight excluding hydrogens is 508 g/mol. The Balaban J connectivity index is 1.94. The maximum Gasteiger partial charge on any atom is 0.410 e. The number of aryl methyl sites for hydroxylation is 1. The van der Waals surface area contributed by atoms with Gasteiger partial charge in [0.2, 0.25) is 5.91 Å². The Morgan fingerprint density at radius 3 is 2.45 bits per heavy atom. The van der Waals surface area contributed by atoms with Crippen molar-refractivity contribution in [1.82, 2.24) is 14.7 Å². The predicted octanol–water partition coefficient (Wildman–Crippen LogP) is 3.86. The number of methoxy groups -OCH3 is 1. The van der Waals surface area contributed by atoms with Crippen molar-refractivity contribution in [1.29, 1.82) is 0 Å². The van der Waals surface area contributed by atoms with Gasteiger partial charge in [-0.2, -0.15) is 0 Å². The average molecular weight is 543 g/mol. The molecule has 0 spiro atoms. The van der Waals surface area contributed by atoms with Gasteiger partial charge in [0.15, 0.2) is 5.54 Å². The number of halogens is 1. The molecule has 204 valence electrons. The fraction of sp³-hybridized carbons (Fsp3) is 0.464. The van der Waals surface area contributed by atoms with Gasteiger partial charge in [-0.1, -0.05) is 23.2 Å². The number of carbonyl (C=O) groups excluding carboxylic acids is 3. The van der Waals surface area contributed by atoms with Gasteiger partial charge in [-0.15, -0.1) is 0 Å². The average Bonchev–Trinajstić information content (AvgIpc) is 3.13. The van der Waals surface area contributed by atoms with Crippen molar-refractivity contribution in [3.8, 4) is 5.75 Å². The summed E-state index contributed by atoms with van der Waals surface area (Å²) in [5.74, 6) is -0.0577. The van der Waals surface area contributed by atoms with Gasteiger partial charge in [0.25, 0.3) is 5.91 Å². The third-order valence-electron chi connectivity index (χ3n) is 6.88. The number of rotatable bonds is 4. The summed E-state index contributed by atoms with van der Waals surface area (Å²) in [6.07, 6.45) is -0.504. The first kappa shape index (κ1) is 27.7. The zero-order chi connectivity index (χ0) is 28.0. The first-order chi connectivity index (χ1) is 17.8. The number of hydrogen-bond donors (Lipinski definition) is 1. The van der Waals surface area contributed by atoms with Crippen LogP contribution < -0.4 is 10.1 Å². The Kier molecular flexibility index (Phi) is 7.38. The lowest BCUT2D eigenvalue weighted by Crippen LogP contribution is -2.67. The van der Waals surface area contributed by atoms with Crippen LogP contribution in [0.15, 0.2) is 36.4 Å². The van der Waals surface area contributed by atoms with Gasteiger partial charge < -0.3 is 24.6 Å². The van der Waals surface area contributed by atoms with Crippen LogP contribution >= 0.6 is 11.6 Å². The minimum Gasteiger partial charge on any atom is -0.496 e. The summed E-state index contributed by atoms with van der Waals surface area (Å²) in [6.45, 7) is 7.85. The molecule has 38 heavy (non-hydrogen) atoms. The molecule has 1 fully saturated rings. The van der Waals surface area contributed by atoms with Crippen LogP contribution in [0.3, 0.4) is 0 Å². The highest BCUT2D eigenvalue weighted by Gasteiger charge is 2.58. The second kappa shape index (κ2) is 10.1. The lowest BCUT2D eigenvalue weighted by atomic mass is 9.79. The zero-order valence-electron chi connectivity index (χ0n) is 22.9. The predicted molar refractivity (Wildman–Crippen MR) is 146 cm³/mol. The number of anilines is 1. The summed E-state index contributed by atoms with van der Waals surface area (Å²) in [4.78, 5) is 45.8. The summed E-state index contributed by atoms with van der Waals surface area (Å²) in [5.41, 5.74) is 0.627. The van der Waals surface area contributed by atoms with Crippen LogP contribution in [0.2, 0.25) is 5.02 Å². The number of fused-ring (bicyclic) bond motifs is 1. The topological polar surface area (TPSA) is 91.4 Å². The highest BCUT2D eigenvalue weighted by Crippen LogP contribution is 2.50. The smallest absolute Gasteiger partial charge is 0.410 e. The van der Waals surface area contributed by atoms with E-state index < -0.39 is 23.3 Å². The van der Waals surface area contributed by atoms with Crippen LogP contribution in [0.4, 0.5) is 10.5 Å². The maximum atomic E-state index is 14.2. The third kappa shape index (κ3) is 4.80. The number of hydrogen-bond acceptors (Lipinski definition) is 6. The fourth-order valence-electron chi connectivity index (χ4n) is 5.26. The molecule has 2 heterocycles. The molecule has 2 aliphatic rings. The van der Waals surface area contributed by atoms with Crippen molar-refractivity contribution in [2.45, 2.75) is 44.9 Å². The number of nitrogens with one attached hydrogen (secondary N) is 1. The molecule has 3 amide bonds. The highest BCUT2D eigenvalue weighted by molar-refractivity contribution is 6.31. The Hall–Kier alpha value is -3.30. The molecule has 0 saturated carbocycles. The van der Waals surface area contributed by atoms with Gasteiger partial charge in [-0.25, -0.2) is 4.79 Å². The maximum absolute atomic E-state index is 14.2. The Labute approximate surface area is 228 Å². The molecule has 1 saturated heterocycles. The summed E-state index contributed by atoms with van der Waals surface area (Å²) in [7, 11) is 4.87. The van der Waals surface area contributed by atoms with Crippen molar-refractivity contribution in [2.75, 3.05) is 46.2 Å². The van der Waals surface area contributed by atoms with Crippen LogP contribution in [0.5, 0.6) is 5.75 Å². The monoisotopic (exact) mass is 542 g/mol. The van der Waals surface area contributed by atoms with Gasteiger partial charge in [-0.05, 0) is 58.0 Å². The van der Waals surface area contributed by atoms with Crippen LogP contribution in [-0.4, -0.2) is 85.1 Å². The van der Waals surface area contributed by atoms with E-state index in [1.54, 1.807) is 60.2 Å². The molecule has 9 nitrogen and oxygen atoms in total. The summed E-state index contributed by atoms with van der Waals surface area (Å²) in [5, 5.41) is 3.47. The summed E-state index contributed by atoms with van der Waals surface area (Å²) in [6, 6.07) is 10.0. The van der Waals surface area contributed by atoms with Crippen molar-refractivity contribution < 1.29 is 23.9 Å². The van der Waals surface area contributed by atoms with Gasteiger partial charge in [0.05, 0.1) is 7.11 Å². The highest BCUT2D eigenvalue weighted by atomic mass is 35.5. The number of benzene rings is 2. The van der Waals surface area contributed by atoms with Gasteiger partial charge >= 0.3 is 6.09 Å². The Morgan fingerprint density at radius 1 is 1.11 bits per heavy atom. The molecule has 4 rings (SSSR count). The van der Waals surface area contributed by atoms with E-state index in [1.807, 2.05) is 30.0 Å². The number of ether oxygens (including phenoxy) is 2. The second-order valence-corrected chi connectivity index (χ2v) is 11.4. The standard InChI is InChI=1S/C28H35ClN4O5/c1-17-8-11-23(37-7)20(14-17)28(19-15-18(29)9-10-21(19)30-25(28)35)33-13-12-32(26(36)38-27(2,3)4)16-22(33)24(34)31(5)6/h8-11,14-15,22H,12-13,16H2,1-7H3,(H,30,35). The minimum absolute atomic E-state index is 0.0466. The number of amides is 3. The molecule has 2 aromatic carbocycles. The second-order valence-electron chi connectivity index (χ2n) is 10.9. The van der Waals surface area contributed by atoms with Crippen molar-refractivity contribution in [3.05, 3.63) is 58.1 Å². The number of likely N-dealkylation sites (N-methyl/N-ethyl adjacent to an activating group) is 1. The molecule has 0 bridgehead atoms. The van der Waals surface area contributed by atoms with Gasteiger partial charge in [-0.3, -0.25) is 14.5 Å². The normalized spacial score (nSPS) is 21.5. The van der Waals surface area contributed by atoms with E-state index in [4.69, 9.17) is 21.1 Å². The van der Waals surface area contributed by atoms with Crippen molar-refractivity contribution in [2.24, 2.45) is 0 Å². The molecule has 0 radical (unpaired) electrons. The van der Waals surface area contributed by atoms with Crippen LogP contribution in [0.25, 0.3) is 0 Å². The molecule has 0 aromatic heterocycles. The van der Waals surface area contributed by atoms with E-state index in [1.165, 1.54) is 9.80 Å². The van der Waals surface area contributed by atoms with E-state index in [9.17, 15) is 14.4 Å². The largest absolute Gasteiger partial charge is 0.496 e. The molecular formula is C28H35ClN4O5. The van der Waals surface area contributed by atoms with E-state index >= 15 is 0 Å². The molecule has 1 N–H and O–H groups in total. The molecule has 10 heteroatoms. The summed E-state index contributed by atoms with van der Waals surface area (Å²) >= 11 is 6.47. The molecule has 0 aliphatic carbocycles. The van der Waals surface area contributed by atoms with E-state index in [2.05, 4.69) is 5.32 Å². The Morgan fingerprint density at radius 2 is 1.82 bits per heavy atom. The quantitative estimate of drug-likeness (QED) is 0.631. The zero-order valence-corrected chi connectivity index (χ0v) is 23.7. The van der Waals surface area contributed by atoms with Gasteiger partial charge in [0.1, 0.15) is 17.4 Å². The number of carbonyl (C=O) groups is 3. The van der Waals surface area contributed by atoms with Crippen LogP contribution in [0.1, 0.15) is 37.5 Å². The molecule has 2 aliphatic heterocycles. The van der Waals surface area contributed by atoms with Crippen molar-refractivity contribution >= 4 is 35.2 Å². The molecule has 2 unspecified atom stereocenters. The van der Waals surface area contributed by atoms with E-state index in [0.717, 1.165) is 5.56 Å². The van der Waals surface area contributed by atoms with Crippen molar-refractivity contribution in [3.63, 3.8) is 0 Å². The lowest BCUT2D eigenvalue weighted by molar-refractivity contribution is -0.143. The lowest BCUT2D eigenvalue weighted by Gasteiger charge is -2.49. The molecule has 2 atom stereocenters. The SMILES string of the molecule is COc1ccc(C)cc1C1(N2CCN(C(=O)OC(C)(C)C)CC2C(=O)N(C)C)C(=O)Nc2ccc(Cl)cc21. The van der Waals surface area contributed by atoms with E-state index in [0.29, 0.717) is 27.6 Å². The minimum atomic E-state index is -1.44. The number of nitrogens with zero attached hydrogens (tertiary/aromatic N) is 3. The van der Waals surface area contributed by atoms with Gasteiger partial charge in [0, 0.05) is 55.6 Å². The van der Waals surface area contributed by atoms with Crippen LogP contribution in [0, 0.1) is 6.92 Å². The third-order valence-corrected chi connectivity index (χ3v) is 7.12. The molecule has 2 aromatic rings. The first-order valence-corrected chi connectivity index (χ1v) is 12.9. The van der Waals surface area contributed by atoms with E-state index in [-0.39, 0.29) is 31.4 Å². The summed E-state index contributed by atoms with van der Waals surface area (Å²) < 4.78 is 11.4. The Bertz CT molecular complexity index is 1270. The van der Waals surface area contributed by atoms with Crippen LogP contribution in [-0.2, 0) is 19.9 Å². The first-order valence-electron chi connectivity index (χ1n) is 12.5. The number of piperazine rings is 1.